The Bertz CT molecular complexity index is 106. The van der Waals surface area contributed by atoms with Crippen LogP contribution < -0.4 is 5.84 Å². The normalized spacial score (nSPS) is 32.1. The van der Waals surface area contributed by atoms with Gasteiger partial charge in [-0.1, -0.05) is 6.42 Å². The topological polar surface area (TPSA) is 49.5 Å². The standard InChI is InChI=1S/C7H16N2O/c1-6(10)7-4-2-3-5-9(7)8/h6-7,10H,2-5,8H2,1H3/t6-,7+/m1/s1. The molecule has 0 aromatic rings. The summed E-state index contributed by atoms with van der Waals surface area (Å²) in [6.07, 6.45) is 3.11. The van der Waals surface area contributed by atoms with E-state index in [2.05, 4.69) is 0 Å². The average molecular weight is 144 g/mol. The zero-order valence-corrected chi connectivity index (χ0v) is 6.45. The van der Waals surface area contributed by atoms with Gasteiger partial charge in [0.1, 0.15) is 0 Å². The van der Waals surface area contributed by atoms with Crippen LogP contribution >= 0.6 is 0 Å². The summed E-state index contributed by atoms with van der Waals surface area (Å²) in [4.78, 5) is 0. The molecule has 0 spiro atoms. The fraction of sp³-hybridized carbons (Fsp3) is 1.00. The molecule has 0 saturated carbocycles. The predicted molar refractivity (Wildman–Crippen MR) is 40.2 cm³/mol. The maximum absolute atomic E-state index is 9.23. The fourth-order valence-corrected chi connectivity index (χ4v) is 1.50. The van der Waals surface area contributed by atoms with Crippen LogP contribution in [0.15, 0.2) is 0 Å². The minimum Gasteiger partial charge on any atom is -0.392 e. The van der Waals surface area contributed by atoms with Crippen molar-refractivity contribution < 1.29 is 5.11 Å². The number of nitrogens with two attached hydrogens (primary N) is 1. The molecule has 1 aliphatic heterocycles. The highest BCUT2D eigenvalue weighted by Gasteiger charge is 2.23. The molecular weight excluding hydrogens is 128 g/mol. The summed E-state index contributed by atoms with van der Waals surface area (Å²) >= 11 is 0. The molecule has 0 radical (unpaired) electrons. The van der Waals surface area contributed by atoms with Crippen LogP contribution in [-0.2, 0) is 0 Å². The molecule has 1 saturated heterocycles. The summed E-state index contributed by atoms with van der Waals surface area (Å²) < 4.78 is 0. The van der Waals surface area contributed by atoms with Crippen molar-refractivity contribution >= 4 is 0 Å². The maximum atomic E-state index is 9.23. The first-order chi connectivity index (χ1) is 4.72. The van der Waals surface area contributed by atoms with E-state index < -0.39 is 0 Å². The van der Waals surface area contributed by atoms with Gasteiger partial charge in [0.15, 0.2) is 0 Å². The Morgan fingerprint density at radius 3 is 2.70 bits per heavy atom. The van der Waals surface area contributed by atoms with Gasteiger partial charge >= 0.3 is 0 Å². The van der Waals surface area contributed by atoms with Gasteiger partial charge in [-0.3, -0.25) is 5.84 Å². The Morgan fingerprint density at radius 1 is 1.60 bits per heavy atom. The molecule has 0 aliphatic carbocycles. The highest BCUT2D eigenvalue weighted by atomic mass is 16.3. The van der Waals surface area contributed by atoms with Crippen LogP contribution in [0.1, 0.15) is 26.2 Å². The van der Waals surface area contributed by atoms with E-state index >= 15 is 0 Å². The van der Waals surface area contributed by atoms with Crippen molar-refractivity contribution in [3.05, 3.63) is 0 Å². The van der Waals surface area contributed by atoms with Crippen molar-refractivity contribution in [1.82, 2.24) is 5.01 Å². The van der Waals surface area contributed by atoms with E-state index in [-0.39, 0.29) is 12.1 Å². The molecule has 1 fully saturated rings. The second kappa shape index (κ2) is 3.32. The first kappa shape index (κ1) is 7.98. The summed E-state index contributed by atoms with van der Waals surface area (Å²) in [5.74, 6) is 5.65. The predicted octanol–water partition coefficient (Wildman–Crippen LogP) is 0.0954. The van der Waals surface area contributed by atoms with Crippen LogP contribution in [0.4, 0.5) is 0 Å². The second-order valence-corrected chi connectivity index (χ2v) is 3.04. The lowest BCUT2D eigenvalue weighted by Gasteiger charge is -2.33. The zero-order valence-electron chi connectivity index (χ0n) is 6.45. The molecule has 3 N–H and O–H groups in total. The summed E-state index contributed by atoms with van der Waals surface area (Å²) in [5, 5.41) is 11.0. The Hall–Kier alpha value is -0.120. The third-order valence-corrected chi connectivity index (χ3v) is 2.15. The summed E-state index contributed by atoms with van der Waals surface area (Å²) in [7, 11) is 0. The number of hydrazine groups is 1. The second-order valence-electron chi connectivity index (χ2n) is 3.04. The number of rotatable bonds is 1. The molecule has 1 aliphatic rings. The van der Waals surface area contributed by atoms with Gasteiger partial charge in [-0.05, 0) is 19.8 Å². The molecule has 0 amide bonds. The van der Waals surface area contributed by atoms with Gasteiger partial charge in [0.25, 0.3) is 0 Å². The van der Waals surface area contributed by atoms with E-state index in [1.807, 2.05) is 0 Å². The molecule has 3 nitrogen and oxygen atoms in total. The monoisotopic (exact) mass is 144 g/mol. The Balaban J connectivity index is 2.40. The highest BCUT2D eigenvalue weighted by Crippen LogP contribution is 2.15. The lowest BCUT2D eigenvalue weighted by Crippen LogP contribution is -2.49. The molecule has 1 rings (SSSR count). The minimum absolute atomic E-state index is 0.189. The zero-order chi connectivity index (χ0) is 7.56. The molecule has 0 unspecified atom stereocenters. The number of nitrogens with zero attached hydrogens (tertiary/aromatic N) is 1. The van der Waals surface area contributed by atoms with Crippen molar-refractivity contribution in [2.75, 3.05) is 6.54 Å². The van der Waals surface area contributed by atoms with Gasteiger partial charge in [0, 0.05) is 12.6 Å². The van der Waals surface area contributed by atoms with Crippen molar-refractivity contribution in [2.24, 2.45) is 5.84 Å². The van der Waals surface area contributed by atoms with Crippen LogP contribution in [-0.4, -0.2) is 28.8 Å². The van der Waals surface area contributed by atoms with Crippen molar-refractivity contribution in [2.45, 2.75) is 38.3 Å². The number of hydrogen-bond acceptors (Lipinski definition) is 3. The van der Waals surface area contributed by atoms with E-state index in [0.29, 0.717) is 0 Å². The lowest BCUT2D eigenvalue weighted by atomic mass is 10.0. The van der Waals surface area contributed by atoms with Crippen molar-refractivity contribution in [3.63, 3.8) is 0 Å². The average Bonchev–Trinajstić information content (AvgIpc) is 1.88. The first-order valence-electron chi connectivity index (χ1n) is 3.91. The van der Waals surface area contributed by atoms with E-state index in [1.165, 1.54) is 12.8 Å². The number of hydrogen-bond donors (Lipinski definition) is 2. The maximum Gasteiger partial charge on any atom is 0.0681 e. The van der Waals surface area contributed by atoms with Gasteiger partial charge in [-0.15, -0.1) is 0 Å². The van der Waals surface area contributed by atoms with Gasteiger partial charge < -0.3 is 5.11 Å². The molecular formula is C7H16N2O. The number of piperidine rings is 1. The van der Waals surface area contributed by atoms with Crippen LogP contribution in [0, 0.1) is 0 Å². The van der Waals surface area contributed by atoms with Crippen molar-refractivity contribution in [1.29, 1.82) is 0 Å². The largest absolute Gasteiger partial charge is 0.392 e. The molecule has 0 bridgehead atoms. The Kier molecular flexibility index (Phi) is 2.65. The number of aliphatic hydroxyl groups is 1. The Labute approximate surface area is 61.8 Å². The summed E-state index contributed by atoms with van der Waals surface area (Å²) in [6, 6.07) is 0.189. The van der Waals surface area contributed by atoms with Crippen LogP contribution in [0.25, 0.3) is 0 Å². The van der Waals surface area contributed by atoms with Crippen molar-refractivity contribution in [3.8, 4) is 0 Å². The lowest BCUT2D eigenvalue weighted by molar-refractivity contribution is 0.0364. The van der Waals surface area contributed by atoms with E-state index in [9.17, 15) is 5.11 Å². The fourth-order valence-electron chi connectivity index (χ4n) is 1.50. The van der Waals surface area contributed by atoms with E-state index in [0.717, 1.165) is 13.0 Å². The van der Waals surface area contributed by atoms with Gasteiger partial charge in [-0.2, -0.15) is 0 Å². The Morgan fingerprint density at radius 2 is 2.30 bits per heavy atom. The van der Waals surface area contributed by atoms with Crippen LogP contribution in [0.3, 0.4) is 0 Å². The molecule has 3 heteroatoms. The van der Waals surface area contributed by atoms with Gasteiger partial charge in [0.05, 0.1) is 6.10 Å². The minimum atomic E-state index is -0.287. The van der Waals surface area contributed by atoms with Crippen LogP contribution in [0.5, 0.6) is 0 Å². The highest BCUT2D eigenvalue weighted by molar-refractivity contribution is 4.76. The third kappa shape index (κ3) is 1.68. The quantitative estimate of drug-likeness (QED) is 0.513. The molecule has 10 heavy (non-hydrogen) atoms. The molecule has 0 aromatic carbocycles. The van der Waals surface area contributed by atoms with Gasteiger partial charge in [0.2, 0.25) is 0 Å². The van der Waals surface area contributed by atoms with E-state index in [1.54, 1.807) is 11.9 Å². The molecule has 2 atom stereocenters. The van der Waals surface area contributed by atoms with E-state index in [4.69, 9.17) is 5.84 Å². The summed E-state index contributed by atoms with van der Waals surface area (Å²) in [6.45, 7) is 2.73. The number of aliphatic hydroxyl groups excluding tert-OH is 1. The van der Waals surface area contributed by atoms with Crippen LogP contribution in [0.2, 0.25) is 0 Å². The summed E-state index contributed by atoms with van der Waals surface area (Å²) in [5.41, 5.74) is 0. The SMILES string of the molecule is C[C@@H](O)[C@@H]1CCCCN1N. The molecule has 60 valence electrons. The van der Waals surface area contributed by atoms with Gasteiger partial charge in [-0.25, -0.2) is 5.01 Å². The molecule has 0 aromatic heterocycles. The molecule has 1 heterocycles. The third-order valence-electron chi connectivity index (χ3n) is 2.15. The smallest absolute Gasteiger partial charge is 0.0681 e. The first-order valence-corrected chi connectivity index (χ1v) is 3.91.